The SMILES string of the molecule is Cc1oc2cccc(C(CC(=O)O)CC(=O)O)c2c1C. The average molecular weight is 276 g/mol. The van der Waals surface area contributed by atoms with E-state index < -0.39 is 17.9 Å². The lowest BCUT2D eigenvalue weighted by atomic mass is 9.89. The number of hydrogen-bond donors (Lipinski definition) is 2. The van der Waals surface area contributed by atoms with Crippen molar-refractivity contribution < 1.29 is 24.2 Å². The second kappa shape index (κ2) is 5.36. The number of carbonyl (C=O) groups is 2. The third-order valence-corrected chi connectivity index (χ3v) is 3.51. The molecule has 2 rings (SSSR count). The molecular weight excluding hydrogens is 260 g/mol. The van der Waals surface area contributed by atoms with Crippen molar-refractivity contribution in [1.82, 2.24) is 0 Å². The zero-order valence-electron chi connectivity index (χ0n) is 11.3. The van der Waals surface area contributed by atoms with Crippen LogP contribution in [0.25, 0.3) is 11.0 Å². The summed E-state index contributed by atoms with van der Waals surface area (Å²) in [5, 5.41) is 18.8. The van der Waals surface area contributed by atoms with E-state index in [1.54, 1.807) is 18.2 Å². The first kappa shape index (κ1) is 14.1. The summed E-state index contributed by atoms with van der Waals surface area (Å²) < 4.78 is 5.60. The summed E-state index contributed by atoms with van der Waals surface area (Å²) in [5.41, 5.74) is 2.32. The molecule has 0 fully saturated rings. The van der Waals surface area contributed by atoms with Crippen molar-refractivity contribution in [1.29, 1.82) is 0 Å². The van der Waals surface area contributed by atoms with Crippen molar-refractivity contribution in [3.63, 3.8) is 0 Å². The first-order valence-electron chi connectivity index (χ1n) is 6.32. The van der Waals surface area contributed by atoms with Gasteiger partial charge in [0.15, 0.2) is 0 Å². The van der Waals surface area contributed by atoms with Crippen LogP contribution < -0.4 is 0 Å². The Labute approximate surface area is 115 Å². The molecule has 0 amide bonds. The Kier molecular flexibility index (Phi) is 3.79. The van der Waals surface area contributed by atoms with E-state index in [-0.39, 0.29) is 12.8 Å². The van der Waals surface area contributed by atoms with Crippen LogP contribution in [0.1, 0.15) is 35.6 Å². The fourth-order valence-electron chi connectivity index (χ4n) is 2.51. The Bertz CT molecular complexity index is 652. The topological polar surface area (TPSA) is 87.7 Å². The Hall–Kier alpha value is -2.30. The molecule has 0 unspecified atom stereocenters. The number of rotatable bonds is 5. The van der Waals surface area contributed by atoms with Gasteiger partial charge >= 0.3 is 11.9 Å². The van der Waals surface area contributed by atoms with Crippen molar-refractivity contribution in [2.75, 3.05) is 0 Å². The Morgan fingerprint density at radius 2 is 1.75 bits per heavy atom. The van der Waals surface area contributed by atoms with Crippen molar-refractivity contribution in [3.8, 4) is 0 Å². The lowest BCUT2D eigenvalue weighted by Crippen LogP contribution is -2.11. The molecule has 1 aromatic carbocycles. The molecule has 0 bridgehead atoms. The standard InChI is InChI=1S/C15H16O5/c1-8-9(2)20-12-5-3-4-11(15(8)12)10(6-13(16)17)7-14(18)19/h3-5,10H,6-7H2,1-2H3,(H,16,17)(H,18,19). The summed E-state index contributed by atoms with van der Waals surface area (Å²) in [6, 6.07) is 5.34. The van der Waals surface area contributed by atoms with Gasteiger partial charge in [-0.1, -0.05) is 12.1 Å². The molecule has 0 saturated carbocycles. The molecular formula is C15H16O5. The Morgan fingerprint density at radius 1 is 1.15 bits per heavy atom. The molecule has 1 heterocycles. The summed E-state index contributed by atoms with van der Waals surface area (Å²) >= 11 is 0. The fourth-order valence-corrected chi connectivity index (χ4v) is 2.51. The second-order valence-corrected chi connectivity index (χ2v) is 4.90. The van der Waals surface area contributed by atoms with Gasteiger partial charge in [-0.15, -0.1) is 0 Å². The van der Waals surface area contributed by atoms with E-state index in [0.29, 0.717) is 5.58 Å². The monoisotopic (exact) mass is 276 g/mol. The predicted molar refractivity (Wildman–Crippen MR) is 72.9 cm³/mol. The number of benzene rings is 1. The van der Waals surface area contributed by atoms with E-state index in [2.05, 4.69) is 0 Å². The molecule has 20 heavy (non-hydrogen) atoms. The van der Waals surface area contributed by atoms with Crippen molar-refractivity contribution >= 4 is 22.9 Å². The number of hydrogen-bond acceptors (Lipinski definition) is 3. The van der Waals surface area contributed by atoms with Gasteiger partial charge in [0.05, 0.1) is 12.8 Å². The molecule has 0 aliphatic carbocycles. The van der Waals surface area contributed by atoms with Crippen LogP contribution in [0.5, 0.6) is 0 Å². The first-order chi connectivity index (χ1) is 9.40. The largest absolute Gasteiger partial charge is 0.481 e. The van der Waals surface area contributed by atoms with Crippen molar-refractivity contribution in [2.45, 2.75) is 32.6 Å². The van der Waals surface area contributed by atoms with E-state index in [1.165, 1.54) is 0 Å². The number of aryl methyl sites for hydroxylation is 2. The number of fused-ring (bicyclic) bond motifs is 1. The van der Waals surface area contributed by atoms with Gasteiger partial charge in [-0.25, -0.2) is 0 Å². The molecule has 0 aliphatic rings. The van der Waals surface area contributed by atoms with Crippen LogP contribution in [0.3, 0.4) is 0 Å². The maximum atomic E-state index is 11.0. The summed E-state index contributed by atoms with van der Waals surface area (Å²) in [4.78, 5) is 21.9. The van der Waals surface area contributed by atoms with Crippen LogP contribution in [0.4, 0.5) is 0 Å². The van der Waals surface area contributed by atoms with E-state index in [1.807, 2.05) is 13.8 Å². The summed E-state index contributed by atoms with van der Waals surface area (Å²) in [5.74, 6) is -1.82. The average Bonchev–Trinajstić information content (AvgIpc) is 2.63. The quantitative estimate of drug-likeness (QED) is 0.876. The van der Waals surface area contributed by atoms with Crippen molar-refractivity contribution in [2.24, 2.45) is 0 Å². The smallest absolute Gasteiger partial charge is 0.303 e. The number of carboxylic acid groups (broad SMARTS) is 2. The first-order valence-corrected chi connectivity index (χ1v) is 6.32. The molecule has 0 spiro atoms. The van der Waals surface area contributed by atoms with Crippen LogP contribution in [-0.4, -0.2) is 22.2 Å². The molecule has 106 valence electrons. The normalized spacial score (nSPS) is 11.2. The Morgan fingerprint density at radius 3 is 2.30 bits per heavy atom. The maximum Gasteiger partial charge on any atom is 0.303 e. The van der Waals surface area contributed by atoms with Gasteiger partial charge in [-0.3, -0.25) is 9.59 Å². The van der Waals surface area contributed by atoms with Gasteiger partial charge in [-0.2, -0.15) is 0 Å². The predicted octanol–water partition coefficient (Wildman–Crippen LogP) is 3.08. The zero-order valence-corrected chi connectivity index (χ0v) is 11.3. The molecule has 0 atom stereocenters. The molecule has 0 aliphatic heterocycles. The minimum Gasteiger partial charge on any atom is -0.481 e. The minimum atomic E-state index is -1.01. The highest BCUT2D eigenvalue weighted by Crippen LogP contribution is 2.35. The lowest BCUT2D eigenvalue weighted by molar-refractivity contribution is -0.139. The third-order valence-electron chi connectivity index (χ3n) is 3.51. The number of carboxylic acids is 2. The summed E-state index contributed by atoms with van der Waals surface area (Å²) in [7, 11) is 0. The van der Waals surface area contributed by atoms with Gasteiger partial charge in [0.25, 0.3) is 0 Å². The van der Waals surface area contributed by atoms with Crippen LogP contribution in [-0.2, 0) is 9.59 Å². The van der Waals surface area contributed by atoms with Gasteiger partial charge in [0, 0.05) is 11.3 Å². The fraction of sp³-hybridized carbons (Fsp3) is 0.333. The number of aliphatic carboxylic acids is 2. The van der Waals surface area contributed by atoms with Gasteiger partial charge in [-0.05, 0) is 31.0 Å². The minimum absolute atomic E-state index is 0.213. The molecule has 2 N–H and O–H groups in total. The molecule has 0 saturated heterocycles. The van der Waals surface area contributed by atoms with Gasteiger partial charge in [0.1, 0.15) is 11.3 Å². The molecule has 5 heteroatoms. The molecule has 5 nitrogen and oxygen atoms in total. The second-order valence-electron chi connectivity index (χ2n) is 4.90. The zero-order chi connectivity index (χ0) is 14.9. The van der Waals surface area contributed by atoms with Gasteiger partial charge < -0.3 is 14.6 Å². The van der Waals surface area contributed by atoms with Crippen LogP contribution >= 0.6 is 0 Å². The highest BCUT2D eigenvalue weighted by molar-refractivity contribution is 5.87. The Balaban J connectivity index is 2.57. The molecule has 1 aromatic heterocycles. The van der Waals surface area contributed by atoms with Crippen LogP contribution in [0.15, 0.2) is 22.6 Å². The van der Waals surface area contributed by atoms with E-state index in [4.69, 9.17) is 14.6 Å². The van der Waals surface area contributed by atoms with E-state index in [0.717, 1.165) is 22.3 Å². The molecule has 2 aromatic rings. The van der Waals surface area contributed by atoms with Crippen LogP contribution in [0, 0.1) is 13.8 Å². The highest BCUT2D eigenvalue weighted by Gasteiger charge is 2.23. The van der Waals surface area contributed by atoms with Crippen molar-refractivity contribution in [3.05, 3.63) is 35.1 Å². The van der Waals surface area contributed by atoms with Gasteiger partial charge in [0.2, 0.25) is 0 Å². The number of furan rings is 1. The van der Waals surface area contributed by atoms with E-state index in [9.17, 15) is 9.59 Å². The van der Waals surface area contributed by atoms with Crippen LogP contribution in [0.2, 0.25) is 0 Å². The maximum absolute atomic E-state index is 11.0. The summed E-state index contributed by atoms with van der Waals surface area (Å²) in [6.45, 7) is 3.73. The molecule has 0 radical (unpaired) electrons. The lowest BCUT2D eigenvalue weighted by Gasteiger charge is -2.14. The highest BCUT2D eigenvalue weighted by atomic mass is 16.4. The van der Waals surface area contributed by atoms with E-state index >= 15 is 0 Å². The summed E-state index contributed by atoms with van der Waals surface area (Å²) in [6.07, 6.45) is -0.426. The third kappa shape index (κ3) is 2.66.